The molecule has 2 aliphatic rings. The van der Waals surface area contributed by atoms with Gasteiger partial charge >= 0.3 is 5.97 Å². The van der Waals surface area contributed by atoms with Crippen molar-refractivity contribution in [1.29, 1.82) is 0 Å². The third kappa shape index (κ3) is 2.65. The Bertz CT molecular complexity index is 618. The minimum Gasteiger partial charge on any atom is -0.494 e. The quantitative estimate of drug-likeness (QED) is 0.786. The molecule has 0 aliphatic carbocycles. The second-order valence-corrected chi connectivity index (χ2v) is 5.84. The second kappa shape index (κ2) is 5.59. The van der Waals surface area contributed by atoms with Crippen molar-refractivity contribution in [2.45, 2.75) is 31.3 Å². The summed E-state index contributed by atoms with van der Waals surface area (Å²) >= 11 is 0. The molecule has 118 valence electrons. The van der Waals surface area contributed by atoms with E-state index >= 15 is 0 Å². The van der Waals surface area contributed by atoms with Crippen molar-refractivity contribution in [1.82, 2.24) is 4.90 Å². The van der Waals surface area contributed by atoms with E-state index < -0.39 is 11.4 Å². The second-order valence-electron chi connectivity index (χ2n) is 5.84. The van der Waals surface area contributed by atoms with E-state index in [1.165, 1.54) is 19.2 Å². The molecule has 0 N–H and O–H groups in total. The van der Waals surface area contributed by atoms with Crippen LogP contribution < -0.4 is 4.74 Å². The summed E-state index contributed by atoms with van der Waals surface area (Å²) in [7, 11) is 1.38. The van der Waals surface area contributed by atoms with Crippen LogP contribution in [0.5, 0.6) is 5.75 Å². The molecule has 0 radical (unpaired) electrons. The summed E-state index contributed by atoms with van der Waals surface area (Å²) in [6.45, 7) is 0.969. The Balaban J connectivity index is 1.77. The SMILES string of the molecule is COc1ccc(C(=O)N2CCC[C@@]3(CCC(=O)O3)C2)cc1F. The van der Waals surface area contributed by atoms with Gasteiger partial charge in [-0.15, -0.1) is 0 Å². The molecular formula is C16H18FNO4. The van der Waals surface area contributed by atoms with Crippen molar-refractivity contribution < 1.29 is 23.5 Å². The van der Waals surface area contributed by atoms with E-state index in [0.29, 0.717) is 25.9 Å². The van der Waals surface area contributed by atoms with Crippen LogP contribution in [0.2, 0.25) is 0 Å². The third-order valence-electron chi connectivity index (χ3n) is 4.34. The van der Waals surface area contributed by atoms with Crippen LogP contribution in [0.3, 0.4) is 0 Å². The van der Waals surface area contributed by atoms with Crippen LogP contribution in [0, 0.1) is 5.82 Å². The lowest BCUT2D eigenvalue weighted by Crippen LogP contribution is -2.50. The summed E-state index contributed by atoms with van der Waals surface area (Å²) in [6, 6.07) is 4.17. The number of methoxy groups -OCH3 is 1. The van der Waals surface area contributed by atoms with Gasteiger partial charge in [0.05, 0.1) is 13.7 Å². The number of hydrogen-bond donors (Lipinski definition) is 0. The molecule has 6 heteroatoms. The van der Waals surface area contributed by atoms with Gasteiger partial charge in [-0.1, -0.05) is 0 Å². The fourth-order valence-corrected chi connectivity index (χ4v) is 3.21. The minimum atomic E-state index is -0.563. The number of esters is 1. The molecule has 1 aromatic carbocycles. The highest BCUT2D eigenvalue weighted by Gasteiger charge is 2.44. The highest BCUT2D eigenvalue weighted by molar-refractivity contribution is 5.94. The summed E-state index contributed by atoms with van der Waals surface area (Å²) in [5.74, 6) is -0.905. The molecular weight excluding hydrogens is 289 g/mol. The number of hydrogen-bond acceptors (Lipinski definition) is 4. The Morgan fingerprint density at radius 1 is 1.41 bits per heavy atom. The molecule has 0 saturated carbocycles. The standard InChI is InChI=1S/C16H18FNO4/c1-21-13-4-3-11(9-12(13)17)15(20)18-8-2-6-16(10-18)7-5-14(19)22-16/h3-4,9H,2,5-8,10H2,1H3/t16-/m1/s1. The molecule has 0 aromatic heterocycles. The minimum absolute atomic E-state index is 0.108. The fraction of sp³-hybridized carbons (Fsp3) is 0.500. The number of ether oxygens (including phenoxy) is 2. The van der Waals surface area contributed by atoms with Crippen LogP contribution >= 0.6 is 0 Å². The molecule has 0 bridgehead atoms. The van der Waals surface area contributed by atoms with Gasteiger partial charge in [0.2, 0.25) is 0 Å². The van der Waals surface area contributed by atoms with E-state index in [0.717, 1.165) is 12.8 Å². The highest BCUT2D eigenvalue weighted by Crippen LogP contribution is 2.35. The van der Waals surface area contributed by atoms with Gasteiger partial charge in [0.15, 0.2) is 11.6 Å². The van der Waals surface area contributed by atoms with Gasteiger partial charge in [-0.2, -0.15) is 0 Å². The van der Waals surface area contributed by atoms with Crippen LogP contribution in [0.25, 0.3) is 0 Å². The predicted octanol–water partition coefficient (Wildman–Crippen LogP) is 2.15. The van der Waals surface area contributed by atoms with Gasteiger partial charge in [0.25, 0.3) is 5.91 Å². The Morgan fingerprint density at radius 3 is 2.86 bits per heavy atom. The summed E-state index contributed by atoms with van der Waals surface area (Å²) in [6.07, 6.45) is 2.60. The molecule has 1 atom stereocenters. The number of carbonyl (C=O) groups is 2. The zero-order valence-electron chi connectivity index (χ0n) is 12.4. The van der Waals surface area contributed by atoms with E-state index in [-0.39, 0.29) is 23.2 Å². The van der Waals surface area contributed by atoms with E-state index in [9.17, 15) is 14.0 Å². The number of piperidine rings is 1. The van der Waals surface area contributed by atoms with Crippen LogP contribution in [-0.4, -0.2) is 42.6 Å². The van der Waals surface area contributed by atoms with Crippen molar-refractivity contribution in [3.63, 3.8) is 0 Å². The van der Waals surface area contributed by atoms with E-state index in [1.54, 1.807) is 11.0 Å². The molecule has 1 spiro atoms. The maximum atomic E-state index is 13.8. The molecule has 0 unspecified atom stereocenters. The van der Waals surface area contributed by atoms with Gasteiger partial charge in [-0.3, -0.25) is 9.59 Å². The number of rotatable bonds is 2. The molecule has 1 amide bonds. The Kier molecular flexibility index (Phi) is 3.76. The number of amides is 1. The van der Waals surface area contributed by atoms with E-state index in [4.69, 9.17) is 9.47 Å². The lowest BCUT2D eigenvalue weighted by atomic mass is 9.89. The molecule has 2 saturated heterocycles. The van der Waals surface area contributed by atoms with Gasteiger partial charge in [-0.25, -0.2) is 4.39 Å². The molecule has 1 aromatic rings. The zero-order valence-corrected chi connectivity index (χ0v) is 12.4. The smallest absolute Gasteiger partial charge is 0.306 e. The highest BCUT2D eigenvalue weighted by atomic mass is 19.1. The lowest BCUT2D eigenvalue weighted by molar-refractivity contribution is -0.151. The number of halogens is 1. The molecule has 5 nitrogen and oxygen atoms in total. The van der Waals surface area contributed by atoms with E-state index in [2.05, 4.69) is 0 Å². The van der Waals surface area contributed by atoms with Crippen LogP contribution in [0.15, 0.2) is 18.2 Å². The molecule has 2 aliphatic heterocycles. The summed E-state index contributed by atoms with van der Waals surface area (Å²) in [5, 5.41) is 0. The topological polar surface area (TPSA) is 55.8 Å². The maximum absolute atomic E-state index is 13.8. The first-order valence-electron chi connectivity index (χ1n) is 7.38. The van der Waals surface area contributed by atoms with E-state index in [1.807, 2.05) is 0 Å². The third-order valence-corrected chi connectivity index (χ3v) is 4.34. The van der Waals surface area contributed by atoms with Gasteiger partial charge < -0.3 is 14.4 Å². The van der Waals surface area contributed by atoms with Crippen molar-refractivity contribution in [2.24, 2.45) is 0 Å². The molecule has 3 rings (SSSR count). The molecule has 2 fully saturated rings. The summed E-state index contributed by atoms with van der Waals surface area (Å²) in [4.78, 5) is 25.6. The lowest BCUT2D eigenvalue weighted by Gasteiger charge is -2.39. The first kappa shape index (κ1) is 14.8. The Hall–Kier alpha value is -2.11. The normalized spacial score (nSPS) is 24.5. The number of likely N-dealkylation sites (tertiary alicyclic amines) is 1. The molecule has 2 heterocycles. The Labute approximate surface area is 128 Å². The summed E-state index contributed by atoms with van der Waals surface area (Å²) in [5.41, 5.74) is -0.268. The van der Waals surface area contributed by atoms with Gasteiger partial charge in [-0.05, 0) is 37.5 Å². The number of carbonyl (C=O) groups excluding carboxylic acids is 2. The fourth-order valence-electron chi connectivity index (χ4n) is 3.21. The largest absolute Gasteiger partial charge is 0.494 e. The number of benzene rings is 1. The Morgan fingerprint density at radius 2 is 2.23 bits per heavy atom. The summed E-state index contributed by atoms with van der Waals surface area (Å²) < 4.78 is 24.1. The first-order valence-corrected chi connectivity index (χ1v) is 7.38. The van der Waals surface area contributed by atoms with Crippen molar-refractivity contribution in [3.05, 3.63) is 29.6 Å². The molecule has 22 heavy (non-hydrogen) atoms. The number of nitrogens with zero attached hydrogens (tertiary/aromatic N) is 1. The average molecular weight is 307 g/mol. The van der Waals surface area contributed by atoms with Gasteiger partial charge in [0.1, 0.15) is 5.60 Å². The first-order chi connectivity index (χ1) is 10.5. The predicted molar refractivity (Wildman–Crippen MR) is 76.1 cm³/mol. The monoisotopic (exact) mass is 307 g/mol. The van der Waals surface area contributed by atoms with Crippen LogP contribution in [-0.2, 0) is 9.53 Å². The van der Waals surface area contributed by atoms with Crippen molar-refractivity contribution in [2.75, 3.05) is 20.2 Å². The van der Waals surface area contributed by atoms with Crippen molar-refractivity contribution in [3.8, 4) is 5.75 Å². The van der Waals surface area contributed by atoms with Crippen molar-refractivity contribution >= 4 is 11.9 Å². The van der Waals surface area contributed by atoms with Crippen LogP contribution in [0.1, 0.15) is 36.0 Å². The van der Waals surface area contributed by atoms with Gasteiger partial charge in [0, 0.05) is 18.5 Å². The average Bonchev–Trinajstić information content (AvgIpc) is 2.86. The van der Waals surface area contributed by atoms with Crippen LogP contribution in [0.4, 0.5) is 4.39 Å². The zero-order chi connectivity index (χ0) is 15.7. The maximum Gasteiger partial charge on any atom is 0.306 e.